The van der Waals surface area contributed by atoms with Crippen molar-refractivity contribution in [3.63, 3.8) is 0 Å². The Bertz CT molecular complexity index is 1190. The zero-order valence-electron chi connectivity index (χ0n) is 24.2. The second-order valence-corrected chi connectivity index (χ2v) is 18.8. The lowest BCUT2D eigenvalue weighted by Gasteiger charge is -2.30. The summed E-state index contributed by atoms with van der Waals surface area (Å²) in [5.74, 6) is 0.211. The third-order valence-corrected chi connectivity index (χ3v) is 9.52. The molecule has 0 radical (unpaired) electrons. The normalized spacial score (nSPS) is 15.8. The molecule has 0 atom stereocenters. The van der Waals surface area contributed by atoms with Gasteiger partial charge in [0.1, 0.15) is 12.8 Å². The monoisotopic (exact) mass is 519 g/mol. The number of hydrogen-bond acceptors (Lipinski definition) is 4. The molecule has 1 heterocycles. The van der Waals surface area contributed by atoms with Gasteiger partial charge in [0, 0.05) is 27.3 Å². The number of aromatic nitrogens is 2. The molecule has 0 spiro atoms. The van der Waals surface area contributed by atoms with Crippen molar-refractivity contribution in [3.8, 4) is 6.07 Å². The summed E-state index contributed by atoms with van der Waals surface area (Å²) in [6.45, 7) is 19.2. The van der Waals surface area contributed by atoms with E-state index >= 15 is 0 Å². The summed E-state index contributed by atoms with van der Waals surface area (Å²) in [5.41, 5.74) is 5.48. The number of ether oxygens (including phenoxy) is 1. The summed E-state index contributed by atoms with van der Waals surface area (Å²) < 4.78 is 7.58. The van der Waals surface area contributed by atoms with Crippen LogP contribution in [0.2, 0.25) is 25.7 Å². The molecule has 1 aromatic carbocycles. The lowest BCUT2D eigenvalue weighted by molar-refractivity contribution is 0.0799. The van der Waals surface area contributed by atoms with Crippen molar-refractivity contribution in [2.24, 2.45) is 5.41 Å². The molecule has 0 aliphatic heterocycles. The minimum atomic E-state index is -1.21. The SMILES string of the molecule is CCC(C)(C)c1ccc(CC(=O)c2nc(C#N)cn2COCC[Si](C)(C)C)c(C2=CCC(C)(C)CC2)c1. The lowest BCUT2D eigenvalue weighted by Crippen LogP contribution is -2.22. The summed E-state index contributed by atoms with van der Waals surface area (Å²) in [6.07, 6.45) is 8.49. The number of carbonyl (C=O) groups excluding carboxylic acids is 1. The molecule has 0 saturated carbocycles. The zero-order chi connectivity index (χ0) is 27.4. The Morgan fingerprint density at radius 2 is 2.00 bits per heavy atom. The van der Waals surface area contributed by atoms with E-state index < -0.39 is 8.07 Å². The number of imidazole rings is 1. The fraction of sp³-hybridized carbons (Fsp3) is 0.581. The van der Waals surface area contributed by atoms with Gasteiger partial charge in [-0.2, -0.15) is 5.26 Å². The van der Waals surface area contributed by atoms with Crippen LogP contribution in [0.3, 0.4) is 0 Å². The average molecular weight is 520 g/mol. The molecule has 37 heavy (non-hydrogen) atoms. The first kappa shape index (κ1) is 29.1. The summed E-state index contributed by atoms with van der Waals surface area (Å²) in [4.78, 5) is 17.9. The second kappa shape index (κ2) is 11.5. The van der Waals surface area contributed by atoms with Gasteiger partial charge in [-0.3, -0.25) is 4.79 Å². The van der Waals surface area contributed by atoms with Gasteiger partial charge in [0.25, 0.3) is 0 Å². The summed E-state index contributed by atoms with van der Waals surface area (Å²) >= 11 is 0. The third kappa shape index (κ3) is 7.75. The van der Waals surface area contributed by atoms with E-state index in [9.17, 15) is 10.1 Å². The molecule has 0 saturated heterocycles. The van der Waals surface area contributed by atoms with Gasteiger partial charge in [-0.05, 0) is 64.8 Å². The first-order valence-corrected chi connectivity index (χ1v) is 17.4. The molecule has 1 aliphatic rings. The van der Waals surface area contributed by atoms with Crippen molar-refractivity contribution in [3.05, 3.63) is 58.7 Å². The molecule has 0 fully saturated rings. The quantitative estimate of drug-likeness (QED) is 0.173. The number of nitrogens with zero attached hydrogens (tertiary/aromatic N) is 3. The highest BCUT2D eigenvalue weighted by Crippen LogP contribution is 2.40. The zero-order valence-corrected chi connectivity index (χ0v) is 25.2. The maximum Gasteiger partial charge on any atom is 0.202 e. The standard InChI is InChI=1S/C31H45N3O2Si/c1-9-31(4,5)25-11-10-24(27(19-25)23-12-14-30(2,3)15-13-23)18-28(35)29-33-26(20-32)21-34(29)22-36-16-17-37(6,7)8/h10-12,19,21H,9,13-18,22H2,1-8H3. The molecule has 6 heteroatoms. The van der Waals surface area contributed by atoms with Gasteiger partial charge in [0.05, 0.1) is 0 Å². The highest BCUT2D eigenvalue weighted by molar-refractivity contribution is 6.76. The predicted octanol–water partition coefficient (Wildman–Crippen LogP) is 7.77. The van der Waals surface area contributed by atoms with Gasteiger partial charge in [0.15, 0.2) is 11.5 Å². The lowest BCUT2D eigenvalue weighted by atomic mass is 9.74. The van der Waals surface area contributed by atoms with Crippen LogP contribution >= 0.6 is 0 Å². The second-order valence-electron chi connectivity index (χ2n) is 13.2. The van der Waals surface area contributed by atoms with E-state index in [0.29, 0.717) is 17.8 Å². The molecule has 0 N–H and O–H groups in total. The van der Waals surface area contributed by atoms with Crippen molar-refractivity contribution in [1.82, 2.24) is 9.55 Å². The third-order valence-electron chi connectivity index (χ3n) is 7.81. The smallest absolute Gasteiger partial charge is 0.202 e. The predicted molar refractivity (Wildman–Crippen MR) is 154 cm³/mol. The molecule has 2 aromatic rings. The number of Topliss-reactive ketones (excluding diaryl/α,β-unsaturated/α-hetero) is 1. The van der Waals surface area contributed by atoms with Crippen molar-refractivity contribution in [1.29, 1.82) is 5.26 Å². The maximum absolute atomic E-state index is 13.6. The number of rotatable bonds is 11. The first-order valence-electron chi connectivity index (χ1n) is 13.7. The molecule has 0 unspecified atom stereocenters. The summed E-state index contributed by atoms with van der Waals surface area (Å²) in [5, 5.41) is 9.43. The molecular weight excluding hydrogens is 474 g/mol. The van der Waals surface area contributed by atoms with E-state index in [2.05, 4.69) is 89.6 Å². The first-order chi connectivity index (χ1) is 17.2. The Balaban J connectivity index is 1.90. The number of allylic oxidation sites excluding steroid dienone is 2. The Morgan fingerprint density at radius 3 is 2.59 bits per heavy atom. The van der Waals surface area contributed by atoms with Crippen LogP contribution in [-0.4, -0.2) is 30.0 Å². The van der Waals surface area contributed by atoms with E-state index in [1.807, 2.05) is 0 Å². The minimum Gasteiger partial charge on any atom is -0.361 e. The Hall–Kier alpha value is -2.49. The van der Waals surface area contributed by atoms with Crippen LogP contribution in [0.4, 0.5) is 0 Å². The molecule has 3 rings (SSSR count). The Kier molecular flexibility index (Phi) is 9.03. The highest BCUT2D eigenvalue weighted by atomic mass is 28.3. The average Bonchev–Trinajstić information content (AvgIpc) is 3.25. The highest BCUT2D eigenvalue weighted by Gasteiger charge is 2.26. The van der Waals surface area contributed by atoms with Crippen LogP contribution < -0.4 is 0 Å². The van der Waals surface area contributed by atoms with E-state index in [1.165, 1.54) is 16.7 Å². The fourth-order valence-electron chi connectivity index (χ4n) is 4.56. The van der Waals surface area contributed by atoms with Crippen LogP contribution in [0.25, 0.3) is 5.57 Å². The van der Waals surface area contributed by atoms with Crippen LogP contribution in [0.1, 0.15) is 93.3 Å². The van der Waals surface area contributed by atoms with Gasteiger partial charge in [-0.15, -0.1) is 0 Å². The van der Waals surface area contributed by atoms with Crippen molar-refractivity contribution >= 4 is 19.4 Å². The van der Waals surface area contributed by atoms with Gasteiger partial charge in [0.2, 0.25) is 5.78 Å². The van der Waals surface area contributed by atoms with Crippen LogP contribution in [0.5, 0.6) is 0 Å². The van der Waals surface area contributed by atoms with Gasteiger partial charge in [-0.25, -0.2) is 4.98 Å². The van der Waals surface area contributed by atoms with Crippen molar-refractivity contribution in [2.75, 3.05) is 6.61 Å². The molecule has 1 aliphatic carbocycles. The molecule has 1 aromatic heterocycles. The molecule has 0 bridgehead atoms. The van der Waals surface area contributed by atoms with Crippen LogP contribution in [0, 0.1) is 16.7 Å². The molecular formula is C31H45N3O2Si. The molecule has 5 nitrogen and oxygen atoms in total. The van der Waals surface area contributed by atoms with E-state index in [0.717, 1.165) is 37.3 Å². The number of hydrogen-bond donors (Lipinski definition) is 0. The Morgan fingerprint density at radius 1 is 1.27 bits per heavy atom. The number of nitriles is 1. The van der Waals surface area contributed by atoms with E-state index in [4.69, 9.17) is 4.74 Å². The van der Waals surface area contributed by atoms with Crippen molar-refractivity contribution in [2.45, 2.75) is 105 Å². The van der Waals surface area contributed by atoms with Gasteiger partial charge < -0.3 is 9.30 Å². The van der Waals surface area contributed by atoms with Crippen LogP contribution in [0.15, 0.2) is 30.5 Å². The maximum atomic E-state index is 13.6. The minimum absolute atomic E-state index is 0.0665. The largest absolute Gasteiger partial charge is 0.361 e. The topological polar surface area (TPSA) is 67.9 Å². The van der Waals surface area contributed by atoms with Crippen molar-refractivity contribution < 1.29 is 9.53 Å². The number of carbonyl (C=O) groups is 1. The number of ketones is 1. The summed E-state index contributed by atoms with van der Waals surface area (Å²) in [7, 11) is -1.21. The summed E-state index contributed by atoms with van der Waals surface area (Å²) in [6, 6.07) is 9.74. The molecule has 0 amide bonds. The van der Waals surface area contributed by atoms with Gasteiger partial charge >= 0.3 is 0 Å². The van der Waals surface area contributed by atoms with Crippen LogP contribution in [-0.2, 0) is 23.3 Å². The molecule has 200 valence electrons. The van der Waals surface area contributed by atoms with E-state index in [1.54, 1.807) is 10.8 Å². The Labute approximate surface area is 225 Å². The van der Waals surface area contributed by atoms with E-state index in [-0.39, 0.29) is 30.0 Å². The van der Waals surface area contributed by atoms with Gasteiger partial charge in [-0.1, -0.05) is 78.5 Å². The fourth-order valence-corrected chi connectivity index (χ4v) is 5.32. The number of benzene rings is 1.